The highest BCUT2D eigenvalue weighted by Gasteiger charge is 2.33. The molecule has 0 N–H and O–H groups in total. The fourth-order valence-electron chi connectivity index (χ4n) is 3.90. The summed E-state index contributed by atoms with van der Waals surface area (Å²) in [6.45, 7) is 0.491. The van der Waals surface area contributed by atoms with E-state index in [2.05, 4.69) is 15.9 Å². The predicted molar refractivity (Wildman–Crippen MR) is 158 cm³/mol. The topological polar surface area (TPSA) is 51.1 Å². The lowest BCUT2D eigenvalue weighted by atomic mass is 10.2. The molecule has 1 saturated heterocycles. The Hall–Kier alpha value is -3.88. The Balaban J connectivity index is 1.38. The number of rotatable bonds is 8. The normalized spacial score (nSPS) is 15.3. The molecule has 39 heavy (non-hydrogen) atoms. The fourth-order valence-corrected chi connectivity index (χ4v) is 5.41. The number of benzene rings is 4. The van der Waals surface area contributed by atoms with E-state index in [-0.39, 0.29) is 18.3 Å². The molecule has 0 atom stereocenters. The van der Waals surface area contributed by atoms with Gasteiger partial charge in [-0.2, -0.15) is 0 Å². The molecule has 4 aromatic rings. The molecule has 0 aromatic heterocycles. The predicted octanol–water partition coefficient (Wildman–Crippen LogP) is 7.98. The SMILES string of the molecule is COc1ccc(CN2C(=O)/C(=C/c3ccc(OCc4ccccc4F)c(Br)c3)SC2=Nc2ccccc2)cc1. The first-order valence-corrected chi connectivity index (χ1v) is 13.7. The molecule has 196 valence electrons. The molecule has 0 aliphatic carbocycles. The van der Waals surface area contributed by atoms with Crippen LogP contribution in [0.15, 0.2) is 111 Å². The van der Waals surface area contributed by atoms with Crippen molar-refractivity contribution in [2.75, 3.05) is 7.11 Å². The van der Waals surface area contributed by atoms with Crippen LogP contribution in [-0.4, -0.2) is 23.1 Å². The third kappa shape index (κ3) is 6.58. The molecule has 5 nitrogen and oxygen atoms in total. The average Bonchev–Trinajstić information content (AvgIpc) is 3.23. The zero-order valence-electron chi connectivity index (χ0n) is 21.0. The molecule has 1 heterocycles. The highest BCUT2D eigenvalue weighted by Crippen LogP contribution is 2.36. The van der Waals surface area contributed by atoms with E-state index in [1.807, 2.05) is 72.8 Å². The Morgan fingerprint density at radius 2 is 1.72 bits per heavy atom. The van der Waals surface area contributed by atoms with Crippen LogP contribution >= 0.6 is 27.7 Å². The van der Waals surface area contributed by atoms with E-state index in [1.54, 1.807) is 36.3 Å². The molecule has 1 amide bonds. The van der Waals surface area contributed by atoms with Gasteiger partial charge in [0.1, 0.15) is 23.9 Å². The number of aliphatic imine (C=N–C) groups is 1. The van der Waals surface area contributed by atoms with E-state index in [0.717, 1.165) is 22.6 Å². The van der Waals surface area contributed by atoms with Crippen molar-refractivity contribution < 1.29 is 18.7 Å². The molecule has 1 aliphatic heterocycles. The van der Waals surface area contributed by atoms with E-state index < -0.39 is 0 Å². The van der Waals surface area contributed by atoms with E-state index in [4.69, 9.17) is 14.5 Å². The number of methoxy groups -OCH3 is 1. The summed E-state index contributed by atoms with van der Waals surface area (Å²) in [5.41, 5.74) is 3.03. The van der Waals surface area contributed by atoms with Crippen molar-refractivity contribution in [3.8, 4) is 11.5 Å². The summed E-state index contributed by atoms with van der Waals surface area (Å²) in [4.78, 5) is 20.6. The third-order valence-corrected chi connectivity index (χ3v) is 7.59. The second-order valence-electron chi connectivity index (χ2n) is 8.65. The van der Waals surface area contributed by atoms with Crippen LogP contribution in [0.2, 0.25) is 0 Å². The van der Waals surface area contributed by atoms with Gasteiger partial charge < -0.3 is 9.47 Å². The van der Waals surface area contributed by atoms with Crippen molar-refractivity contribution in [3.05, 3.63) is 129 Å². The van der Waals surface area contributed by atoms with Gasteiger partial charge in [-0.1, -0.05) is 54.6 Å². The zero-order valence-corrected chi connectivity index (χ0v) is 23.4. The third-order valence-electron chi connectivity index (χ3n) is 5.96. The van der Waals surface area contributed by atoms with Crippen molar-refractivity contribution >= 4 is 50.5 Å². The molecule has 0 bridgehead atoms. The van der Waals surface area contributed by atoms with Gasteiger partial charge in [0.05, 0.1) is 28.7 Å². The molecular formula is C31H24BrFN2O3S. The maximum absolute atomic E-state index is 13.9. The number of carbonyl (C=O) groups excluding carboxylic acids is 1. The van der Waals surface area contributed by atoms with Gasteiger partial charge in [-0.05, 0) is 87.4 Å². The zero-order chi connectivity index (χ0) is 27.2. The lowest BCUT2D eigenvalue weighted by Gasteiger charge is -2.16. The number of halogens is 2. The maximum atomic E-state index is 13.9. The summed E-state index contributed by atoms with van der Waals surface area (Å²) >= 11 is 4.88. The molecule has 1 fully saturated rings. The van der Waals surface area contributed by atoms with Gasteiger partial charge in [0.2, 0.25) is 0 Å². The van der Waals surface area contributed by atoms with E-state index >= 15 is 0 Å². The summed E-state index contributed by atoms with van der Waals surface area (Å²) in [5, 5.41) is 0.608. The number of nitrogens with zero attached hydrogens (tertiary/aromatic N) is 2. The van der Waals surface area contributed by atoms with Crippen LogP contribution in [0.1, 0.15) is 16.7 Å². The highest BCUT2D eigenvalue weighted by atomic mass is 79.9. The van der Waals surface area contributed by atoms with Gasteiger partial charge in [-0.3, -0.25) is 9.69 Å². The van der Waals surface area contributed by atoms with Crippen molar-refractivity contribution in [1.82, 2.24) is 4.90 Å². The lowest BCUT2D eigenvalue weighted by molar-refractivity contribution is -0.122. The number of thioether (sulfide) groups is 1. The Morgan fingerprint density at radius 3 is 2.44 bits per heavy atom. The van der Waals surface area contributed by atoms with E-state index in [9.17, 15) is 9.18 Å². The van der Waals surface area contributed by atoms with Crippen LogP contribution in [0, 0.1) is 5.82 Å². The van der Waals surface area contributed by atoms with Gasteiger partial charge in [-0.15, -0.1) is 0 Å². The first-order chi connectivity index (χ1) is 19.0. The van der Waals surface area contributed by atoms with E-state index in [0.29, 0.717) is 32.4 Å². The molecule has 5 rings (SSSR count). The van der Waals surface area contributed by atoms with E-state index in [1.165, 1.54) is 17.8 Å². The van der Waals surface area contributed by atoms with Crippen LogP contribution in [0.3, 0.4) is 0 Å². The summed E-state index contributed by atoms with van der Waals surface area (Å²) in [6.07, 6.45) is 1.84. The minimum atomic E-state index is -0.307. The summed E-state index contributed by atoms with van der Waals surface area (Å²) in [6, 6.07) is 29.3. The van der Waals surface area contributed by atoms with Crippen LogP contribution < -0.4 is 9.47 Å². The molecule has 1 aliphatic rings. The lowest BCUT2D eigenvalue weighted by Crippen LogP contribution is -2.28. The maximum Gasteiger partial charge on any atom is 0.267 e. The van der Waals surface area contributed by atoms with Crippen molar-refractivity contribution in [2.24, 2.45) is 4.99 Å². The van der Waals surface area contributed by atoms with Crippen molar-refractivity contribution in [1.29, 1.82) is 0 Å². The largest absolute Gasteiger partial charge is 0.497 e. The smallest absolute Gasteiger partial charge is 0.267 e. The first-order valence-electron chi connectivity index (χ1n) is 12.1. The molecule has 4 aromatic carbocycles. The standard InChI is InChI=1S/C31H24BrFN2O3S/c1-37-25-14-11-21(12-15-25)19-35-30(36)29(39-31(35)34-24-8-3-2-4-9-24)18-22-13-16-28(26(32)17-22)38-20-23-7-5-6-10-27(23)33/h2-18H,19-20H2,1H3/b29-18-,34-31?. The fraction of sp³-hybridized carbons (Fsp3) is 0.0968. The van der Waals surface area contributed by atoms with Gasteiger partial charge in [0.25, 0.3) is 5.91 Å². The van der Waals surface area contributed by atoms with Crippen LogP contribution in [0.25, 0.3) is 6.08 Å². The number of hydrogen-bond acceptors (Lipinski definition) is 5. The molecule has 0 unspecified atom stereocenters. The van der Waals surface area contributed by atoms with Crippen LogP contribution in [0.5, 0.6) is 11.5 Å². The average molecular weight is 604 g/mol. The van der Waals surface area contributed by atoms with Gasteiger partial charge in [0.15, 0.2) is 5.17 Å². The molecule has 8 heteroatoms. The molecule has 0 spiro atoms. The number of hydrogen-bond donors (Lipinski definition) is 0. The minimum absolute atomic E-state index is 0.111. The Kier molecular flexibility index (Phi) is 8.44. The summed E-state index contributed by atoms with van der Waals surface area (Å²) in [7, 11) is 1.62. The van der Waals surface area contributed by atoms with Crippen LogP contribution in [-0.2, 0) is 17.9 Å². The number of carbonyl (C=O) groups is 1. The first kappa shape index (κ1) is 26.7. The molecule has 0 saturated carbocycles. The Bertz CT molecular complexity index is 1540. The number of para-hydroxylation sites is 1. The highest BCUT2D eigenvalue weighted by molar-refractivity contribution is 9.10. The second-order valence-corrected chi connectivity index (χ2v) is 10.5. The number of amides is 1. The summed E-state index contributed by atoms with van der Waals surface area (Å²) < 4.78 is 25.7. The van der Waals surface area contributed by atoms with Crippen LogP contribution in [0.4, 0.5) is 10.1 Å². The number of ether oxygens (including phenoxy) is 2. The van der Waals surface area contributed by atoms with Gasteiger partial charge >= 0.3 is 0 Å². The minimum Gasteiger partial charge on any atom is -0.497 e. The Morgan fingerprint density at radius 1 is 0.974 bits per heavy atom. The quantitative estimate of drug-likeness (QED) is 0.192. The monoisotopic (exact) mass is 602 g/mol. The summed E-state index contributed by atoms with van der Waals surface area (Å²) in [5.74, 6) is 0.908. The molecular weight excluding hydrogens is 579 g/mol. The van der Waals surface area contributed by atoms with Gasteiger partial charge in [0, 0.05) is 5.56 Å². The molecule has 0 radical (unpaired) electrons. The Labute approximate surface area is 239 Å². The van der Waals surface area contributed by atoms with Gasteiger partial charge in [-0.25, -0.2) is 9.38 Å². The van der Waals surface area contributed by atoms with Crippen molar-refractivity contribution in [2.45, 2.75) is 13.2 Å². The number of amidine groups is 1. The second kappa shape index (κ2) is 12.3. The van der Waals surface area contributed by atoms with Crippen molar-refractivity contribution in [3.63, 3.8) is 0 Å².